The Morgan fingerprint density at radius 1 is 0.918 bits per heavy atom. The van der Waals surface area contributed by atoms with Gasteiger partial charge in [-0.1, -0.05) is 26.8 Å². The van der Waals surface area contributed by atoms with Crippen LogP contribution in [0.25, 0.3) is 0 Å². The summed E-state index contributed by atoms with van der Waals surface area (Å²) in [4.78, 5) is 78.0. The number of rotatable bonds is 9. The van der Waals surface area contributed by atoms with Crippen LogP contribution in [0.4, 0.5) is 0 Å². The van der Waals surface area contributed by atoms with Crippen molar-refractivity contribution in [2.24, 2.45) is 23.2 Å². The van der Waals surface area contributed by atoms with Crippen LogP contribution in [0, 0.1) is 23.2 Å². The van der Waals surface area contributed by atoms with Crippen LogP contribution in [0.3, 0.4) is 0 Å². The highest BCUT2D eigenvalue weighted by Crippen LogP contribution is 2.63. The summed E-state index contributed by atoms with van der Waals surface area (Å²) < 4.78 is 46.9. The molecule has 3 fully saturated rings. The fourth-order valence-electron chi connectivity index (χ4n) is 7.61. The van der Waals surface area contributed by atoms with E-state index in [0.717, 1.165) is 27.7 Å². The Kier molecular flexibility index (Phi) is 11.0. The van der Waals surface area contributed by atoms with Crippen LogP contribution < -0.4 is 0 Å². The lowest BCUT2D eigenvalue weighted by Crippen LogP contribution is -2.76. The first-order valence-corrected chi connectivity index (χ1v) is 16.2. The van der Waals surface area contributed by atoms with E-state index < -0.39 is 101 Å². The van der Waals surface area contributed by atoms with Gasteiger partial charge in [0, 0.05) is 47.1 Å². The normalized spacial score (nSPS) is 39.7. The van der Waals surface area contributed by atoms with Crippen molar-refractivity contribution < 1.29 is 71.8 Å². The predicted molar refractivity (Wildman–Crippen MR) is 165 cm³/mol. The third kappa shape index (κ3) is 7.11. The van der Waals surface area contributed by atoms with Gasteiger partial charge < -0.3 is 43.0 Å². The van der Waals surface area contributed by atoms with Gasteiger partial charge in [0.25, 0.3) is 0 Å². The van der Waals surface area contributed by atoms with Crippen molar-refractivity contribution in [2.75, 3.05) is 20.3 Å². The number of hydrogen-bond donors (Lipinski definition) is 1. The molecule has 11 atom stereocenters. The molecule has 2 saturated heterocycles. The molecule has 1 saturated carbocycles. The van der Waals surface area contributed by atoms with Gasteiger partial charge in [-0.2, -0.15) is 0 Å². The first kappa shape index (κ1) is 38.0. The number of carbonyl (C=O) groups is 6. The fraction of sp³-hybridized carbons (Fsp3) is 0.706. The highest BCUT2D eigenvalue weighted by molar-refractivity contribution is 5.78. The molecule has 2 aliphatic heterocycles. The molecule has 1 N–H and O–H groups in total. The zero-order valence-electron chi connectivity index (χ0n) is 29.2. The van der Waals surface area contributed by atoms with Gasteiger partial charge in [-0.25, -0.2) is 0 Å². The zero-order valence-corrected chi connectivity index (χ0v) is 29.2. The van der Waals surface area contributed by atoms with E-state index in [1.807, 2.05) is 0 Å². The van der Waals surface area contributed by atoms with Gasteiger partial charge in [0.1, 0.15) is 17.8 Å². The molecule has 2 heterocycles. The average Bonchev–Trinajstić information content (AvgIpc) is 3.72. The van der Waals surface area contributed by atoms with Gasteiger partial charge in [0.2, 0.25) is 0 Å². The first-order chi connectivity index (χ1) is 22.8. The first-order valence-electron chi connectivity index (χ1n) is 16.2. The molecule has 0 unspecified atom stereocenters. The Bertz CT molecular complexity index is 1410. The summed E-state index contributed by atoms with van der Waals surface area (Å²) in [5, 5.41) is 12.8. The van der Waals surface area contributed by atoms with Crippen molar-refractivity contribution >= 4 is 35.8 Å². The minimum absolute atomic E-state index is 0.0510. The van der Waals surface area contributed by atoms with Gasteiger partial charge in [0.15, 0.2) is 30.0 Å². The summed E-state index contributed by atoms with van der Waals surface area (Å²) in [7, 11) is 1.42. The summed E-state index contributed by atoms with van der Waals surface area (Å²) in [6, 6.07) is 0. The fourth-order valence-corrected chi connectivity index (χ4v) is 7.61. The third-order valence-electron chi connectivity index (χ3n) is 9.66. The highest BCUT2D eigenvalue weighted by atomic mass is 16.7. The van der Waals surface area contributed by atoms with E-state index >= 15 is 0 Å². The summed E-state index contributed by atoms with van der Waals surface area (Å²) >= 11 is 0. The Hall–Kier alpha value is -3.82. The molecule has 0 aromatic carbocycles. The summed E-state index contributed by atoms with van der Waals surface area (Å²) in [6.45, 7) is 10.8. The molecule has 272 valence electrons. The van der Waals surface area contributed by atoms with Crippen LogP contribution in [-0.2, 0) is 66.7 Å². The van der Waals surface area contributed by atoms with E-state index in [1.165, 1.54) is 32.3 Å². The zero-order chi connectivity index (χ0) is 36.6. The molecule has 0 aromatic rings. The van der Waals surface area contributed by atoms with Crippen LogP contribution in [0.15, 0.2) is 23.8 Å². The molecule has 4 rings (SSSR count). The van der Waals surface area contributed by atoms with Gasteiger partial charge in [-0.15, -0.1) is 0 Å². The number of esters is 6. The van der Waals surface area contributed by atoms with E-state index in [0.29, 0.717) is 5.57 Å². The topological polar surface area (TPSA) is 200 Å². The van der Waals surface area contributed by atoms with Crippen LogP contribution in [-0.4, -0.2) is 109 Å². The molecule has 49 heavy (non-hydrogen) atoms. The standard InChI is InChI=1S/C34H46O15/c1-16(2)12-25(39)49-28-26(45-19(5)36)29(46-20(6)37)33(15-43-33)27-30(47-21(7)38)34(41)17(3)31(40)48-24(34)13-22(14-42-9)10-11-23(32(27,28)8)44-18(4)35/h10-11,13,16-17,23-24,26-30,41H,12,14-15H2,1-9H3/b11-10-,22-13+/t17-,23+,24-,26+,27+,28-,29+,30-,32+,33-,34-/m0/s1. The van der Waals surface area contributed by atoms with Crippen LogP contribution in [0.2, 0.25) is 0 Å². The van der Waals surface area contributed by atoms with Crippen molar-refractivity contribution in [3.8, 4) is 0 Å². The average molecular weight is 695 g/mol. The third-order valence-corrected chi connectivity index (χ3v) is 9.66. The number of aliphatic hydroxyl groups is 1. The summed E-state index contributed by atoms with van der Waals surface area (Å²) in [5.41, 5.74) is -5.48. The van der Waals surface area contributed by atoms with Crippen LogP contribution >= 0.6 is 0 Å². The Balaban J connectivity index is 2.17. The van der Waals surface area contributed by atoms with Crippen molar-refractivity contribution in [1.29, 1.82) is 0 Å². The maximum atomic E-state index is 13.6. The summed E-state index contributed by atoms with van der Waals surface area (Å²) in [5.74, 6) is -7.72. The lowest BCUT2D eigenvalue weighted by molar-refractivity contribution is -0.279. The molecule has 0 bridgehead atoms. The quantitative estimate of drug-likeness (QED) is 0.207. The van der Waals surface area contributed by atoms with Crippen molar-refractivity contribution in [1.82, 2.24) is 0 Å². The van der Waals surface area contributed by atoms with E-state index in [-0.39, 0.29) is 25.6 Å². The summed E-state index contributed by atoms with van der Waals surface area (Å²) in [6.07, 6.45) is -4.79. The maximum Gasteiger partial charge on any atom is 0.312 e. The number of epoxide rings is 1. The molecule has 0 amide bonds. The Morgan fingerprint density at radius 3 is 2.00 bits per heavy atom. The smallest absolute Gasteiger partial charge is 0.312 e. The van der Waals surface area contributed by atoms with Gasteiger partial charge in [-0.05, 0) is 30.6 Å². The van der Waals surface area contributed by atoms with E-state index in [9.17, 15) is 33.9 Å². The molecule has 4 aliphatic rings. The van der Waals surface area contributed by atoms with Crippen LogP contribution in [0.5, 0.6) is 0 Å². The predicted octanol–water partition coefficient (Wildman–Crippen LogP) is 1.51. The SMILES string of the molecule is COCC1=C/[C@@H]2OC(=O)[C@H](C)[C@@]2(O)[C@@H](OC(C)=O)[C@H]2[C@@]3(CO3)[C@H](OC(C)=O)[C@H](OC(C)=O)[C@H](OC(=O)CC(C)C)[C@]2(C)[C@H](OC(C)=O)/C=C\1. The minimum Gasteiger partial charge on any atom is -0.459 e. The molecule has 2 aliphatic carbocycles. The van der Waals surface area contributed by atoms with Gasteiger partial charge >= 0.3 is 35.8 Å². The molecule has 0 radical (unpaired) electrons. The molecule has 15 nitrogen and oxygen atoms in total. The molecule has 15 heteroatoms. The number of methoxy groups -OCH3 is 1. The minimum atomic E-state index is -2.33. The Morgan fingerprint density at radius 2 is 1.49 bits per heavy atom. The Labute approximate surface area is 284 Å². The maximum absolute atomic E-state index is 13.6. The second-order valence-electron chi connectivity index (χ2n) is 13.8. The van der Waals surface area contributed by atoms with E-state index in [4.69, 9.17) is 37.9 Å². The molecule has 1 spiro atoms. The van der Waals surface area contributed by atoms with Gasteiger partial charge in [-0.3, -0.25) is 28.8 Å². The number of carbonyl (C=O) groups excluding carboxylic acids is 6. The highest BCUT2D eigenvalue weighted by Gasteiger charge is 2.81. The number of fused-ring (bicyclic) bond motifs is 3. The van der Waals surface area contributed by atoms with E-state index in [1.54, 1.807) is 20.8 Å². The number of ether oxygens (including phenoxy) is 8. The van der Waals surface area contributed by atoms with E-state index in [2.05, 4.69) is 0 Å². The second-order valence-corrected chi connectivity index (χ2v) is 13.8. The van der Waals surface area contributed by atoms with Crippen molar-refractivity contribution in [3.63, 3.8) is 0 Å². The largest absolute Gasteiger partial charge is 0.459 e. The van der Waals surface area contributed by atoms with Gasteiger partial charge in [0.05, 0.1) is 24.5 Å². The second kappa shape index (κ2) is 14.2. The lowest BCUT2D eigenvalue weighted by Gasteiger charge is -2.59. The van der Waals surface area contributed by atoms with Crippen LogP contribution in [0.1, 0.15) is 61.8 Å². The number of hydrogen-bond acceptors (Lipinski definition) is 15. The monoisotopic (exact) mass is 694 g/mol. The van der Waals surface area contributed by atoms with Crippen molar-refractivity contribution in [3.05, 3.63) is 23.8 Å². The molecular formula is C34H46O15. The van der Waals surface area contributed by atoms with Crippen molar-refractivity contribution in [2.45, 2.75) is 110 Å². The molecular weight excluding hydrogens is 648 g/mol. The lowest BCUT2D eigenvalue weighted by atomic mass is 9.51. The molecule has 0 aromatic heterocycles.